The summed E-state index contributed by atoms with van der Waals surface area (Å²) in [5, 5.41) is 0. The lowest BCUT2D eigenvalue weighted by Crippen LogP contribution is -2.13. The summed E-state index contributed by atoms with van der Waals surface area (Å²) >= 11 is 0. The number of hydrogen-bond donors (Lipinski definition) is 1. The summed E-state index contributed by atoms with van der Waals surface area (Å²) in [6.07, 6.45) is 6.92. The summed E-state index contributed by atoms with van der Waals surface area (Å²) in [6.45, 7) is 2.82. The summed E-state index contributed by atoms with van der Waals surface area (Å²) in [4.78, 5) is 4.24. The third-order valence-corrected chi connectivity index (χ3v) is 2.32. The fourth-order valence-corrected chi connectivity index (χ4v) is 1.64. The van der Waals surface area contributed by atoms with Crippen molar-refractivity contribution < 1.29 is 0 Å². The number of nitrogens with zero attached hydrogens (tertiary/aromatic N) is 1. The molecule has 2 heteroatoms. The molecule has 0 aromatic rings. The van der Waals surface area contributed by atoms with Gasteiger partial charge in [-0.15, -0.1) is 0 Å². The van der Waals surface area contributed by atoms with Crippen LogP contribution in [0, 0.1) is 5.92 Å². The minimum Gasteiger partial charge on any atom is -0.388 e. The zero-order valence-corrected chi connectivity index (χ0v) is 7.34. The Morgan fingerprint density at radius 2 is 2.00 bits per heavy atom. The Balaban J connectivity index is 2.19. The molecule has 0 saturated heterocycles. The second-order valence-electron chi connectivity index (χ2n) is 3.49. The van der Waals surface area contributed by atoms with Gasteiger partial charge in [0.25, 0.3) is 0 Å². The Kier molecular flexibility index (Phi) is 3.40. The molecule has 1 rings (SSSR count). The molecule has 0 heterocycles. The number of amidine groups is 1. The minimum absolute atomic E-state index is 0.732. The Hall–Kier alpha value is -0.530. The largest absolute Gasteiger partial charge is 0.388 e. The van der Waals surface area contributed by atoms with Gasteiger partial charge in [0, 0.05) is 6.54 Å². The van der Waals surface area contributed by atoms with Crippen molar-refractivity contribution in [1.82, 2.24) is 0 Å². The molecule has 0 unspecified atom stereocenters. The van der Waals surface area contributed by atoms with Crippen LogP contribution >= 0.6 is 0 Å². The number of nitrogens with two attached hydrogens (primary N) is 1. The van der Waals surface area contributed by atoms with Gasteiger partial charge in [-0.3, -0.25) is 4.99 Å². The predicted molar refractivity (Wildman–Crippen MR) is 48.7 cm³/mol. The maximum absolute atomic E-state index is 5.46. The molecular formula is C9H18N2. The fraction of sp³-hybridized carbons (Fsp3) is 0.889. The summed E-state index contributed by atoms with van der Waals surface area (Å²) < 4.78 is 0. The van der Waals surface area contributed by atoms with E-state index in [0.29, 0.717) is 0 Å². The first-order chi connectivity index (χ1) is 5.29. The van der Waals surface area contributed by atoms with Crippen molar-refractivity contribution in [3.05, 3.63) is 0 Å². The molecule has 0 aromatic carbocycles. The topological polar surface area (TPSA) is 38.4 Å². The average molecular weight is 154 g/mol. The van der Waals surface area contributed by atoms with Crippen LogP contribution in [-0.4, -0.2) is 12.4 Å². The summed E-state index contributed by atoms with van der Waals surface area (Å²) in [5.74, 6) is 1.55. The van der Waals surface area contributed by atoms with E-state index < -0.39 is 0 Å². The molecular weight excluding hydrogens is 136 g/mol. The minimum atomic E-state index is 0.732. The van der Waals surface area contributed by atoms with Crippen LogP contribution in [-0.2, 0) is 0 Å². The molecule has 0 aliphatic heterocycles. The van der Waals surface area contributed by atoms with Gasteiger partial charge in [0.2, 0.25) is 0 Å². The third kappa shape index (κ3) is 3.40. The molecule has 1 aliphatic carbocycles. The quantitative estimate of drug-likeness (QED) is 0.479. The Labute approximate surface area is 68.9 Å². The molecule has 11 heavy (non-hydrogen) atoms. The lowest BCUT2D eigenvalue weighted by Gasteiger charge is -2.19. The molecule has 1 aliphatic rings. The summed E-state index contributed by atoms with van der Waals surface area (Å²) in [6, 6.07) is 0. The zero-order valence-electron chi connectivity index (χ0n) is 7.34. The van der Waals surface area contributed by atoms with Gasteiger partial charge in [-0.1, -0.05) is 19.3 Å². The molecule has 1 fully saturated rings. The first kappa shape index (κ1) is 8.57. The molecule has 0 radical (unpaired) electrons. The second-order valence-corrected chi connectivity index (χ2v) is 3.49. The Morgan fingerprint density at radius 3 is 2.55 bits per heavy atom. The van der Waals surface area contributed by atoms with Crippen LogP contribution in [0.15, 0.2) is 4.99 Å². The van der Waals surface area contributed by atoms with Crippen molar-refractivity contribution >= 4 is 5.84 Å². The molecule has 2 nitrogen and oxygen atoms in total. The molecule has 0 amide bonds. The van der Waals surface area contributed by atoms with E-state index in [4.69, 9.17) is 5.73 Å². The van der Waals surface area contributed by atoms with E-state index in [1.165, 1.54) is 32.1 Å². The van der Waals surface area contributed by atoms with Crippen molar-refractivity contribution in [3.8, 4) is 0 Å². The monoisotopic (exact) mass is 154 g/mol. The lowest BCUT2D eigenvalue weighted by molar-refractivity contribution is 0.367. The predicted octanol–water partition coefficient (Wildman–Crippen LogP) is 1.94. The van der Waals surface area contributed by atoms with Crippen LogP contribution in [0.1, 0.15) is 39.0 Å². The van der Waals surface area contributed by atoms with Crippen LogP contribution in [0.3, 0.4) is 0 Å². The standard InChI is InChI=1S/C9H18N2/c1-8(10)11-7-9-5-3-2-4-6-9/h9H,2-7H2,1H3,(H2,10,11). The molecule has 64 valence electrons. The van der Waals surface area contributed by atoms with Crippen LogP contribution in [0.5, 0.6) is 0 Å². The second kappa shape index (κ2) is 4.37. The number of hydrogen-bond acceptors (Lipinski definition) is 1. The SMILES string of the molecule is CC(N)=NCC1CCCCC1. The van der Waals surface area contributed by atoms with E-state index >= 15 is 0 Å². The number of aliphatic imine (C=N–C) groups is 1. The van der Waals surface area contributed by atoms with Crippen LogP contribution < -0.4 is 5.73 Å². The van der Waals surface area contributed by atoms with Gasteiger partial charge in [0.1, 0.15) is 0 Å². The third-order valence-electron chi connectivity index (χ3n) is 2.32. The van der Waals surface area contributed by atoms with Gasteiger partial charge in [-0.05, 0) is 25.7 Å². The van der Waals surface area contributed by atoms with E-state index in [9.17, 15) is 0 Å². The highest BCUT2D eigenvalue weighted by atomic mass is 14.8. The van der Waals surface area contributed by atoms with Crippen molar-refractivity contribution in [2.75, 3.05) is 6.54 Å². The molecule has 0 aromatic heterocycles. The van der Waals surface area contributed by atoms with Gasteiger partial charge in [-0.25, -0.2) is 0 Å². The van der Waals surface area contributed by atoms with Crippen LogP contribution in [0.25, 0.3) is 0 Å². The maximum atomic E-state index is 5.46. The smallest absolute Gasteiger partial charge is 0.0905 e. The molecule has 2 N–H and O–H groups in total. The van der Waals surface area contributed by atoms with Crippen molar-refractivity contribution in [3.63, 3.8) is 0 Å². The zero-order chi connectivity index (χ0) is 8.10. The van der Waals surface area contributed by atoms with Gasteiger partial charge >= 0.3 is 0 Å². The molecule has 0 spiro atoms. The Bertz CT molecular complexity index is 130. The molecule has 0 bridgehead atoms. The summed E-state index contributed by atoms with van der Waals surface area (Å²) in [5.41, 5.74) is 5.46. The number of rotatable bonds is 2. The van der Waals surface area contributed by atoms with Gasteiger partial charge in [-0.2, -0.15) is 0 Å². The van der Waals surface area contributed by atoms with E-state index in [1.807, 2.05) is 6.92 Å². The van der Waals surface area contributed by atoms with Gasteiger partial charge in [0.15, 0.2) is 0 Å². The van der Waals surface area contributed by atoms with Crippen molar-refractivity contribution in [2.24, 2.45) is 16.6 Å². The van der Waals surface area contributed by atoms with E-state index in [2.05, 4.69) is 4.99 Å². The molecule has 0 atom stereocenters. The van der Waals surface area contributed by atoms with E-state index in [1.54, 1.807) is 0 Å². The van der Waals surface area contributed by atoms with Gasteiger partial charge < -0.3 is 5.73 Å². The highest BCUT2D eigenvalue weighted by Crippen LogP contribution is 2.23. The maximum Gasteiger partial charge on any atom is 0.0905 e. The molecule has 1 saturated carbocycles. The average Bonchev–Trinajstić information content (AvgIpc) is 2.03. The fourth-order valence-electron chi connectivity index (χ4n) is 1.64. The van der Waals surface area contributed by atoms with E-state index in [0.717, 1.165) is 18.3 Å². The van der Waals surface area contributed by atoms with Crippen LogP contribution in [0.4, 0.5) is 0 Å². The first-order valence-corrected chi connectivity index (χ1v) is 4.55. The van der Waals surface area contributed by atoms with Crippen molar-refractivity contribution in [2.45, 2.75) is 39.0 Å². The lowest BCUT2D eigenvalue weighted by atomic mass is 9.89. The highest BCUT2D eigenvalue weighted by molar-refractivity contribution is 5.77. The van der Waals surface area contributed by atoms with E-state index in [-0.39, 0.29) is 0 Å². The van der Waals surface area contributed by atoms with Gasteiger partial charge in [0.05, 0.1) is 5.84 Å². The van der Waals surface area contributed by atoms with Crippen molar-refractivity contribution in [1.29, 1.82) is 0 Å². The Morgan fingerprint density at radius 1 is 1.36 bits per heavy atom. The normalized spacial score (nSPS) is 22.1. The van der Waals surface area contributed by atoms with Crippen LogP contribution in [0.2, 0.25) is 0 Å². The first-order valence-electron chi connectivity index (χ1n) is 4.55. The summed E-state index contributed by atoms with van der Waals surface area (Å²) in [7, 11) is 0. The highest BCUT2D eigenvalue weighted by Gasteiger charge is 2.11.